The first-order valence-corrected chi connectivity index (χ1v) is 4.44. The fourth-order valence-electron chi connectivity index (χ4n) is 0.958. The molecule has 0 aromatic rings. The largest absolute Gasteiger partial charge is 0.390 e. The molecule has 0 aliphatic carbocycles. The minimum Gasteiger partial charge on any atom is -0.390 e. The minimum absolute atomic E-state index is 0.526. The van der Waals surface area contributed by atoms with Crippen LogP contribution in [0.2, 0.25) is 0 Å². The van der Waals surface area contributed by atoms with Crippen LogP contribution in [0.1, 0.15) is 33.1 Å². The van der Waals surface area contributed by atoms with E-state index in [1.807, 2.05) is 13.0 Å². The van der Waals surface area contributed by atoms with Crippen LogP contribution in [0.5, 0.6) is 0 Å². The Labute approximate surface area is 74.9 Å². The Morgan fingerprint density at radius 2 is 2.17 bits per heavy atom. The zero-order valence-electron chi connectivity index (χ0n) is 7.95. The van der Waals surface area contributed by atoms with E-state index in [0.29, 0.717) is 6.42 Å². The first kappa shape index (κ1) is 11.7. The van der Waals surface area contributed by atoms with Crippen LogP contribution in [0.3, 0.4) is 0 Å². The summed E-state index contributed by atoms with van der Waals surface area (Å²) >= 11 is 0. The van der Waals surface area contributed by atoms with E-state index in [4.69, 9.17) is 0 Å². The maximum Gasteiger partial charge on any atom is 0.108 e. The second kappa shape index (κ2) is 5.33. The number of hydrogen-bond acceptors (Lipinski definition) is 2. The molecule has 0 rings (SSSR count). The Balaban J connectivity index is 4.13. The van der Waals surface area contributed by atoms with Gasteiger partial charge in [-0.25, -0.2) is 0 Å². The van der Waals surface area contributed by atoms with Gasteiger partial charge in [0.1, 0.15) is 5.60 Å². The number of aliphatic hydroxyl groups is 2. The molecule has 0 spiro atoms. The van der Waals surface area contributed by atoms with Gasteiger partial charge in [-0.1, -0.05) is 26.0 Å². The van der Waals surface area contributed by atoms with Crippen molar-refractivity contribution in [3.8, 4) is 0 Å². The Morgan fingerprint density at radius 1 is 1.58 bits per heavy atom. The third-order valence-electron chi connectivity index (χ3n) is 2.07. The van der Waals surface area contributed by atoms with Gasteiger partial charge in [-0.3, -0.25) is 0 Å². The molecule has 2 nitrogen and oxygen atoms in total. The first-order valence-electron chi connectivity index (χ1n) is 4.44. The van der Waals surface area contributed by atoms with Crippen LogP contribution in [0.15, 0.2) is 12.2 Å². The predicted octanol–water partition coefficient (Wildman–Crippen LogP) is 1.68. The van der Waals surface area contributed by atoms with Gasteiger partial charge >= 0.3 is 0 Å². The summed E-state index contributed by atoms with van der Waals surface area (Å²) in [6, 6.07) is 0. The van der Waals surface area contributed by atoms with Crippen molar-refractivity contribution in [1.82, 2.24) is 0 Å². The monoisotopic (exact) mass is 171 g/mol. The van der Waals surface area contributed by atoms with Gasteiger partial charge in [-0.15, -0.1) is 0 Å². The molecule has 2 unspecified atom stereocenters. The molecule has 2 N–H and O–H groups in total. The quantitative estimate of drug-likeness (QED) is 0.618. The summed E-state index contributed by atoms with van der Waals surface area (Å²) in [6.45, 7) is 7.12. The standard InChI is InChI=1S/C10H19O2/c1-4-6-7-8-10(12,5-2)9(3)11/h7-9,11-12H,1,4-6H2,2-3H3/b8-7+. The number of aliphatic hydroxyl groups excluding tert-OH is 1. The number of allylic oxidation sites excluding steroid dienone is 1. The van der Waals surface area contributed by atoms with Crippen LogP contribution in [0, 0.1) is 6.92 Å². The molecule has 2 heteroatoms. The van der Waals surface area contributed by atoms with E-state index < -0.39 is 11.7 Å². The lowest BCUT2D eigenvalue weighted by molar-refractivity contribution is -0.0316. The van der Waals surface area contributed by atoms with Crippen molar-refractivity contribution in [2.45, 2.75) is 44.8 Å². The molecule has 1 radical (unpaired) electrons. The van der Waals surface area contributed by atoms with Crippen molar-refractivity contribution in [3.05, 3.63) is 19.1 Å². The highest BCUT2D eigenvalue weighted by Gasteiger charge is 2.26. The van der Waals surface area contributed by atoms with Crippen LogP contribution in [0.25, 0.3) is 0 Å². The second-order valence-corrected chi connectivity index (χ2v) is 3.07. The van der Waals surface area contributed by atoms with Crippen molar-refractivity contribution in [2.75, 3.05) is 0 Å². The van der Waals surface area contributed by atoms with E-state index in [-0.39, 0.29) is 0 Å². The Hall–Kier alpha value is -0.340. The average Bonchev–Trinajstić information content (AvgIpc) is 2.04. The molecule has 0 aromatic heterocycles. The van der Waals surface area contributed by atoms with Crippen LogP contribution < -0.4 is 0 Å². The van der Waals surface area contributed by atoms with Gasteiger partial charge in [0, 0.05) is 0 Å². The van der Waals surface area contributed by atoms with Crippen molar-refractivity contribution in [1.29, 1.82) is 0 Å². The molecule has 0 saturated carbocycles. The van der Waals surface area contributed by atoms with E-state index in [0.717, 1.165) is 12.8 Å². The Bertz CT molecular complexity index is 141. The van der Waals surface area contributed by atoms with E-state index in [1.165, 1.54) is 0 Å². The summed E-state index contributed by atoms with van der Waals surface area (Å²) in [6.07, 6.45) is 5.00. The highest BCUT2D eigenvalue weighted by atomic mass is 16.3. The van der Waals surface area contributed by atoms with Gasteiger partial charge in [0.05, 0.1) is 6.10 Å². The van der Waals surface area contributed by atoms with E-state index in [1.54, 1.807) is 13.0 Å². The molecular formula is C10H19O2. The molecule has 0 aliphatic rings. The van der Waals surface area contributed by atoms with E-state index in [9.17, 15) is 10.2 Å². The normalized spacial score (nSPS) is 19.4. The molecule has 2 atom stereocenters. The minimum atomic E-state index is -1.06. The Kier molecular flexibility index (Phi) is 5.18. The average molecular weight is 171 g/mol. The number of unbranched alkanes of at least 4 members (excludes halogenated alkanes) is 1. The van der Waals surface area contributed by atoms with Gasteiger partial charge in [0.15, 0.2) is 0 Å². The van der Waals surface area contributed by atoms with Gasteiger partial charge < -0.3 is 10.2 Å². The lowest BCUT2D eigenvalue weighted by Crippen LogP contribution is -2.37. The zero-order valence-corrected chi connectivity index (χ0v) is 7.95. The van der Waals surface area contributed by atoms with Crippen LogP contribution in [0.4, 0.5) is 0 Å². The highest BCUT2D eigenvalue weighted by molar-refractivity contribution is 5.03. The molecule has 0 heterocycles. The molecular weight excluding hydrogens is 152 g/mol. The van der Waals surface area contributed by atoms with Crippen molar-refractivity contribution < 1.29 is 10.2 Å². The summed E-state index contributed by atoms with van der Waals surface area (Å²) < 4.78 is 0. The third-order valence-corrected chi connectivity index (χ3v) is 2.07. The fourth-order valence-corrected chi connectivity index (χ4v) is 0.958. The molecule has 0 aliphatic heterocycles. The molecule has 0 bridgehead atoms. The topological polar surface area (TPSA) is 40.5 Å². The van der Waals surface area contributed by atoms with Crippen LogP contribution >= 0.6 is 0 Å². The summed E-state index contributed by atoms with van der Waals surface area (Å²) in [5, 5.41) is 19.0. The Morgan fingerprint density at radius 3 is 2.50 bits per heavy atom. The maximum atomic E-state index is 9.77. The predicted molar refractivity (Wildman–Crippen MR) is 50.7 cm³/mol. The molecule has 12 heavy (non-hydrogen) atoms. The van der Waals surface area contributed by atoms with E-state index in [2.05, 4.69) is 6.92 Å². The van der Waals surface area contributed by atoms with Gasteiger partial charge in [0.25, 0.3) is 0 Å². The van der Waals surface area contributed by atoms with Gasteiger partial charge in [-0.05, 0) is 26.2 Å². The lowest BCUT2D eigenvalue weighted by atomic mass is 9.94. The molecule has 0 amide bonds. The highest BCUT2D eigenvalue weighted by Crippen LogP contribution is 2.17. The molecule has 71 valence electrons. The summed E-state index contributed by atoms with van der Waals surface area (Å²) in [5.74, 6) is 0. The molecule has 0 saturated heterocycles. The maximum absolute atomic E-state index is 9.77. The number of rotatable bonds is 5. The second-order valence-electron chi connectivity index (χ2n) is 3.07. The SMILES string of the molecule is [CH2]CC/C=C/C(O)(CC)C(C)O. The van der Waals surface area contributed by atoms with Crippen molar-refractivity contribution in [2.24, 2.45) is 0 Å². The van der Waals surface area contributed by atoms with Crippen molar-refractivity contribution >= 4 is 0 Å². The fraction of sp³-hybridized carbons (Fsp3) is 0.700. The van der Waals surface area contributed by atoms with Crippen LogP contribution in [-0.4, -0.2) is 21.9 Å². The molecule has 0 fully saturated rings. The smallest absolute Gasteiger partial charge is 0.108 e. The van der Waals surface area contributed by atoms with E-state index >= 15 is 0 Å². The molecule has 0 aromatic carbocycles. The lowest BCUT2D eigenvalue weighted by Gasteiger charge is -2.26. The zero-order chi connectivity index (χ0) is 9.61. The van der Waals surface area contributed by atoms with Gasteiger partial charge in [0.2, 0.25) is 0 Å². The summed E-state index contributed by atoms with van der Waals surface area (Å²) in [4.78, 5) is 0. The summed E-state index contributed by atoms with van der Waals surface area (Å²) in [7, 11) is 0. The third kappa shape index (κ3) is 3.37. The van der Waals surface area contributed by atoms with Crippen LogP contribution in [-0.2, 0) is 0 Å². The number of hydrogen-bond donors (Lipinski definition) is 2. The first-order chi connectivity index (χ1) is 5.56. The van der Waals surface area contributed by atoms with Gasteiger partial charge in [-0.2, -0.15) is 0 Å². The van der Waals surface area contributed by atoms with Crippen molar-refractivity contribution in [3.63, 3.8) is 0 Å². The summed E-state index contributed by atoms with van der Waals surface area (Å²) in [5.41, 5.74) is -1.06.